The zero-order valence-electron chi connectivity index (χ0n) is 10.1. The molecule has 92 valence electrons. The van der Waals surface area contributed by atoms with Crippen molar-refractivity contribution in [2.45, 2.75) is 6.54 Å². The Morgan fingerprint density at radius 3 is 2.72 bits per heavy atom. The van der Waals surface area contributed by atoms with Gasteiger partial charge in [0.25, 0.3) is 0 Å². The predicted molar refractivity (Wildman–Crippen MR) is 72.4 cm³/mol. The largest absolute Gasteiger partial charge is 0.383 e. The lowest BCUT2D eigenvalue weighted by Crippen LogP contribution is -2.25. The fourth-order valence-corrected chi connectivity index (χ4v) is 2.33. The van der Waals surface area contributed by atoms with E-state index in [1.165, 1.54) is 11.8 Å². The number of fused-ring (bicyclic) bond motifs is 1. The van der Waals surface area contributed by atoms with Gasteiger partial charge in [0.15, 0.2) is 0 Å². The van der Waals surface area contributed by atoms with Gasteiger partial charge in [-0.2, -0.15) is 0 Å². The SMILES string of the molecule is Fc1ccc2c(c1)CN(c1ccccc1)CCN2. The topological polar surface area (TPSA) is 15.3 Å². The van der Waals surface area contributed by atoms with Crippen molar-refractivity contribution < 1.29 is 4.39 Å². The molecular weight excluding hydrogens is 227 g/mol. The summed E-state index contributed by atoms with van der Waals surface area (Å²) in [5, 5.41) is 3.34. The third-order valence-electron chi connectivity index (χ3n) is 3.25. The normalized spacial score (nSPS) is 14.6. The van der Waals surface area contributed by atoms with Crippen molar-refractivity contribution in [1.29, 1.82) is 0 Å². The van der Waals surface area contributed by atoms with Gasteiger partial charge < -0.3 is 10.2 Å². The van der Waals surface area contributed by atoms with Crippen LogP contribution in [0.15, 0.2) is 48.5 Å². The number of hydrogen-bond donors (Lipinski definition) is 1. The number of nitrogens with one attached hydrogen (secondary N) is 1. The molecule has 2 aromatic rings. The highest BCUT2D eigenvalue weighted by Crippen LogP contribution is 2.24. The summed E-state index contributed by atoms with van der Waals surface area (Å²) in [5.74, 6) is -0.175. The summed E-state index contributed by atoms with van der Waals surface area (Å²) in [4.78, 5) is 2.26. The van der Waals surface area contributed by atoms with E-state index in [1.807, 2.05) is 24.3 Å². The smallest absolute Gasteiger partial charge is 0.123 e. The van der Waals surface area contributed by atoms with Crippen LogP contribution >= 0.6 is 0 Å². The zero-order valence-corrected chi connectivity index (χ0v) is 10.1. The van der Waals surface area contributed by atoms with E-state index in [0.717, 1.165) is 30.9 Å². The first kappa shape index (κ1) is 11.1. The van der Waals surface area contributed by atoms with Crippen LogP contribution in [0.5, 0.6) is 0 Å². The van der Waals surface area contributed by atoms with Crippen LogP contribution in [0.3, 0.4) is 0 Å². The summed E-state index contributed by atoms with van der Waals surface area (Å²) in [6.45, 7) is 2.53. The Labute approximate surface area is 106 Å². The Morgan fingerprint density at radius 2 is 1.89 bits per heavy atom. The minimum Gasteiger partial charge on any atom is -0.383 e. The van der Waals surface area contributed by atoms with E-state index < -0.39 is 0 Å². The second-order valence-electron chi connectivity index (χ2n) is 4.49. The second kappa shape index (κ2) is 4.69. The average Bonchev–Trinajstić information content (AvgIpc) is 2.61. The molecule has 1 aliphatic heterocycles. The quantitative estimate of drug-likeness (QED) is 0.825. The van der Waals surface area contributed by atoms with Gasteiger partial charge in [-0.15, -0.1) is 0 Å². The second-order valence-corrected chi connectivity index (χ2v) is 4.49. The molecule has 0 atom stereocenters. The van der Waals surface area contributed by atoms with Gasteiger partial charge in [0.05, 0.1) is 0 Å². The van der Waals surface area contributed by atoms with Crippen LogP contribution in [0.4, 0.5) is 15.8 Å². The van der Waals surface area contributed by atoms with Crippen molar-refractivity contribution in [3.8, 4) is 0 Å². The highest BCUT2D eigenvalue weighted by molar-refractivity contribution is 5.56. The van der Waals surface area contributed by atoms with E-state index in [1.54, 1.807) is 6.07 Å². The lowest BCUT2D eigenvalue weighted by molar-refractivity contribution is 0.625. The molecule has 0 aliphatic carbocycles. The first-order chi connectivity index (χ1) is 8.83. The van der Waals surface area contributed by atoms with Crippen molar-refractivity contribution in [1.82, 2.24) is 0 Å². The molecule has 0 aromatic heterocycles. The summed E-state index contributed by atoms with van der Waals surface area (Å²) < 4.78 is 13.3. The molecular formula is C15H15FN2. The number of anilines is 2. The standard InChI is InChI=1S/C15H15FN2/c16-13-6-7-15-12(10-13)11-18(9-8-17-15)14-4-2-1-3-5-14/h1-7,10,17H,8-9,11H2. The maximum atomic E-state index is 13.3. The van der Waals surface area contributed by atoms with Gasteiger partial charge in [-0.3, -0.25) is 0 Å². The van der Waals surface area contributed by atoms with Crippen molar-refractivity contribution in [3.05, 3.63) is 59.9 Å². The highest BCUT2D eigenvalue weighted by atomic mass is 19.1. The van der Waals surface area contributed by atoms with Crippen molar-refractivity contribution >= 4 is 11.4 Å². The maximum Gasteiger partial charge on any atom is 0.123 e. The number of benzene rings is 2. The summed E-state index contributed by atoms with van der Waals surface area (Å²) in [6.07, 6.45) is 0. The van der Waals surface area contributed by atoms with Crippen LogP contribution in [0, 0.1) is 5.82 Å². The van der Waals surface area contributed by atoms with Gasteiger partial charge in [-0.25, -0.2) is 4.39 Å². The third-order valence-corrected chi connectivity index (χ3v) is 3.25. The van der Waals surface area contributed by atoms with Gasteiger partial charge in [-0.1, -0.05) is 18.2 Å². The summed E-state index contributed by atoms with van der Waals surface area (Å²) in [5.41, 5.74) is 3.22. The molecule has 3 rings (SSSR count). The number of para-hydroxylation sites is 1. The van der Waals surface area contributed by atoms with Crippen LogP contribution in [0.1, 0.15) is 5.56 Å². The molecule has 18 heavy (non-hydrogen) atoms. The Bertz CT molecular complexity index is 539. The zero-order chi connectivity index (χ0) is 12.4. The third kappa shape index (κ3) is 2.16. The molecule has 0 amide bonds. The van der Waals surface area contributed by atoms with Gasteiger partial charge in [0.2, 0.25) is 0 Å². The Morgan fingerprint density at radius 1 is 1.06 bits per heavy atom. The maximum absolute atomic E-state index is 13.3. The van der Waals surface area contributed by atoms with E-state index in [-0.39, 0.29) is 5.82 Å². The van der Waals surface area contributed by atoms with E-state index in [9.17, 15) is 4.39 Å². The lowest BCUT2D eigenvalue weighted by atomic mass is 10.1. The van der Waals surface area contributed by atoms with Crippen molar-refractivity contribution in [2.75, 3.05) is 23.3 Å². The van der Waals surface area contributed by atoms with E-state index in [4.69, 9.17) is 0 Å². The van der Waals surface area contributed by atoms with Crippen molar-refractivity contribution in [3.63, 3.8) is 0 Å². The van der Waals surface area contributed by atoms with Gasteiger partial charge >= 0.3 is 0 Å². The molecule has 0 saturated carbocycles. The predicted octanol–water partition coefficient (Wildman–Crippen LogP) is 3.26. The first-order valence-corrected chi connectivity index (χ1v) is 6.15. The molecule has 0 radical (unpaired) electrons. The molecule has 1 heterocycles. The Balaban J connectivity index is 1.92. The minimum absolute atomic E-state index is 0.175. The number of hydrogen-bond acceptors (Lipinski definition) is 2. The molecule has 2 nitrogen and oxygen atoms in total. The van der Waals surface area contributed by atoms with E-state index in [2.05, 4.69) is 22.3 Å². The molecule has 0 saturated heterocycles. The first-order valence-electron chi connectivity index (χ1n) is 6.15. The molecule has 1 aliphatic rings. The fraction of sp³-hybridized carbons (Fsp3) is 0.200. The molecule has 1 N–H and O–H groups in total. The summed E-state index contributed by atoms with van der Waals surface area (Å²) in [6, 6.07) is 15.2. The fourth-order valence-electron chi connectivity index (χ4n) is 2.33. The molecule has 0 bridgehead atoms. The van der Waals surface area contributed by atoms with Crippen LogP contribution in [-0.2, 0) is 6.54 Å². The van der Waals surface area contributed by atoms with Crippen LogP contribution in [-0.4, -0.2) is 13.1 Å². The van der Waals surface area contributed by atoms with Gasteiger partial charge in [0.1, 0.15) is 5.82 Å². The monoisotopic (exact) mass is 242 g/mol. The number of nitrogens with zero attached hydrogens (tertiary/aromatic N) is 1. The van der Waals surface area contributed by atoms with E-state index >= 15 is 0 Å². The Hall–Kier alpha value is -2.03. The number of rotatable bonds is 1. The van der Waals surface area contributed by atoms with Crippen LogP contribution < -0.4 is 10.2 Å². The molecule has 0 fully saturated rings. The van der Waals surface area contributed by atoms with Gasteiger partial charge in [-0.05, 0) is 35.9 Å². The summed E-state index contributed by atoms with van der Waals surface area (Å²) in [7, 11) is 0. The summed E-state index contributed by atoms with van der Waals surface area (Å²) >= 11 is 0. The minimum atomic E-state index is -0.175. The molecule has 2 aromatic carbocycles. The van der Waals surface area contributed by atoms with Crippen molar-refractivity contribution in [2.24, 2.45) is 0 Å². The highest BCUT2D eigenvalue weighted by Gasteiger charge is 2.14. The van der Waals surface area contributed by atoms with Crippen LogP contribution in [0.2, 0.25) is 0 Å². The Kier molecular flexibility index (Phi) is 2.89. The lowest BCUT2D eigenvalue weighted by Gasteiger charge is -2.22. The number of halogens is 1. The van der Waals surface area contributed by atoms with Crippen LogP contribution in [0.25, 0.3) is 0 Å². The van der Waals surface area contributed by atoms with Gasteiger partial charge in [0, 0.05) is 31.0 Å². The molecule has 3 heteroatoms. The average molecular weight is 242 g/mol. The molecule has 0 unspecified atom stereocenters. The molecule has 0 spiro atoms. The van der Waals surface area contributed by atoms with E-state index in [0.29, 0.717) is 0 Å².